The summed E-state index contributed by atoms with van der Waals surface area (Å²) < 4.78 is 0. The molecule has 0 bridgehead atoms. The number of fused-ring (bicyclic) bond motifs is 1. The first-order valence-corrected chi connectivity index (χ1v) is 9.85. The van der Waals surface area contributed by atoms with E-state index in [9.17, 15) is 4.79 Å². The van der Waals surface area contributed by atoms with E-state index in [0.29, 0.717) is 5.92 Å². The number of carbonyl (C=O) groups excluding carboxylic acids is 1. The number of aromatic nitrogens is 1. The molecule has 0 radical (unpaired) electrons. The molecule has 2 rings (SSSR count). The second kappa shape index (κ2) is 11.1. The van der Waals surface area contributed by atoms with E-state index >= 15 is 0 Å². The number of rotatable bonds is 6. The predicted molar refractivity (Wildman–Crippen MR) is 119 cm³/mol. The highest BCUT2D eigenvalue weighted by atomic mass is 127. The van der Waals surface area contributed by atoms with Crippen molar-refractivity contribution in [1.82, 2.24) is 20.1 Å². The number of nitrogens with one attached hydrogen (secondary N) is 1. The summed E-state index contributed by atoms with van der Waals surface area (Å²) in [5, 5.41) is 4.51. The summed E-state index contributed by atoms with van der Waals surface area (Å²) in [4.78, 5) is 26.3. The van der Waals surface area contributed by atoms with Crippen LogP contribution < -0.4 is 5.32 Å². The normalized spacial score (nSPS) is 13.8. The first-order valence-electron chi connectivity index (χ1n) is 9.04. The minimum Gasteiger partial charge on any atom is -0.356 e. The molecule has 0 saturated heterocycles. The van der Waals surface area contributed by atoms with Gasteiger partial charge in [-0.3, -0.25) is 4.79 Å². The Morgan fingerprint density at radius 1 is 1.27 bits per heavy atom. The maximum atomic E-state index is 11.9. The largest absolute Gasteiger partial charge is 0.356 e. The Kier molecular flexibility index (Phi) is 9.84. The standard InChI is InChI=1S/C18H31N5OS.HI/c1-13(2)10-19-18(20-11-17(24)22(3)4)23(5)12-16-21-14-8-6-7-9-15(14)25-16;/h13H,6-12H2,1-5H3,(H,19,20);1H. The van der Waals surface area contributed by atoms with Crippen molar-refractivity contribution in [3.8, 4) is 0 Å². The molecule has 6 nitrogen and oxygen atoms in total. The highest BCUT2D eigenvalue weighted by Crippen LogP contribution is 2.27. The van der Waals surface area contributed by atoms with Crippen LogP contribution in [0.1, 0.15) is 42.3 Å². The molecule has 148 valence electrons. The summed E-state index contributed by atoms with van der Waals surface area (Å²) in [7, 11) is 5.51. The molecule has 0 saturated carbocycles. The van der Waals surface area contributed by atoms with Crippen molar-refractivity contribution in [3.63, 3.8) is 0 Å². The summed E-state index contributed by atoms with van der Waals surface area (Å²) in [5.74, 6) is 1.27. The summed E-state index contributed by atoms with van der Waals surface area (Å²) in [6.07, 6.45) is 4.81. The molecule has 0 fully saturated rings. The lowest BCUT2D eigenvalue weighted by Gasteiger charge is -2.22. The van der Waals surface area contributed by atoms with Gasteiger partial charge in [0.15, 0.2) is 5.96 Å². The number of aryl methyl sites for hydroxylation is 2. The molecule has 0 spiro atoms. The van der Waals surface area contributed by atoms with E-state index in [2.05, 4.69) is 29.1 Å². The lowest BCUT2D eigenvalue weighted by atomic mass is 10.0. The zero-order valence-corrected chi connectivity index (χ0v) is 19.7. The third-order valence-electron chi connectivity index (χ3n) is 4.16. The molecule has 1 aliphatic carbocycles. The molecule has 0 aliphatic heterocycles. The molecular formula is C18H32IN5OS. The lowest BCUT2D eigenvalue weighted by molar-refractivity contribution is -0.127. The van der Waals surface area contributed by atoms with Crippen molar-refractivity contribution in [1.29, 1.82) is 0 Å². The minimum atomic E-state index is 0. The van der Waals surface area contributed by atoms with Crippen LogP contribution in [0.25, 0.3) is 0 Å². The van der Waals surface area contributed by atoms with Gasteiger partial charge in [-0.15, -0.1) is 35.3 Å². The van der Waals surface area contributed by atoms with Gasteiger partial charge in [-0.2, -0.15) is 0 Å². The third-order valence-corrected chi connectivity index (χ3v) is 5.30. The maximum absolute atomic E-state index is 11.9. The third kappa shape index (κ3) is 7.02. The van der Waals surface area contributed by atoms with Crippen LogP contribution in [0, 0.1) is 5.92 Å². The van der Waals surface area contributed by atoms with E-state index in [-0.39, 0.29) is 36.4 Å². The molecule has 1 N–H and O–H groups in total. The molecule has 0 aromatic carbocycles. The molecule has 0 atom stereocenters. The SMILES string of the molecule is CC(C)CNC(=NCC(=O)N(C)C)N(C)Cc1nc2c(s1)CCCC2.I. The lowest BCUT2D eigenvalue weighted by Crippen LogP contribution is -2.41. The summed E-state index contributed by atoms with van der Waals surface area (Å²) in [5.41, 5.74) is 1.29. The number of halogens is 1. The number of likely N-dealkylation sites (N-methyl/N-ethyl adjacent to an activating group) is 1. The highest BCUT2D eigenvalue weighted by molar-refractivity contribution is 14.0. The van der Waals surface area contributed by atoms with E-state index in [1.807, 2.05) is 18.4 Å². The van der Waals surface area contributed by atoms with Crippen LogP contribution in [0.5, 0.6) is 0 Å². The number of guanidine groups is 1. The van der Waals surface area contributed by atoms with E-state index < -0.39 is 0 Å². The Morgan fingerprint density at radius 2 is 1.96 bits per heavy atom. The first-order chi connectivity index (χ1) is 11.9. The summed E-state index contributed by atoms with van der Waals surface area (Å²) in [6, 6.07) is 0. The predicted octanol–water partition coefficient (Wildman–Crippen LogP) is 2.76. The number of aliphatic imine (C=N–C) groups is 1. The second-order valence-electron chi connectivity index (χ2n) is 7.24. The number of hydrogen-bond donors (Lipinski definition) is 1. The molecule has 1 heterocycles. The zero-order chi connectivity index (χ0) is 18.4. The van der Waals surface area contributed by atoms with Crippen LogP contribution in [0.3, 0.4) is 0 Å². The Labute approximate surface area is 178 Å². The van der Waals surface area contributed by atoms with Crippen molar-refractivity contribution < 1.29 is 4.79 Å². The van der Waals surface area contributed by atoms with Crippen LogP contribution in [-0.4, -0.2) is 60.9 Å². The maximum Gasteiger partial charge on any atom is 0.243 e. The zero-order valence-electron chi connectivity index (χ0n) is 16.5. The molecule has 8 heteroatoms. The van der Waals surface area contributed by atoms with Crippen LogP contribution in [-0.2, 0) is 24.2 Å². The molecule has 1 aliphatic rings. The Bertz CT molecular complexity index is 591. The monoisotopic (exact) mass is 493 g/mol. The van der Waals surface area contributed by atoms with Crippen molar-refractivity contribution in [3.05, 3.63) is 15.6 Å². The van der Waals surface area contributed by atoms with Crippen molar-refractivity contribution >= 4 is 47.2 Å². The van der Waals surface area contributed by atoms with Crippen LogP contribution >= 0.6 is 35.3 Å². The van der Waals surface area contributed by atoms with Crippen molar-refractivity contribution in [2.75, 3.05) is 34.2 Å². The van der Waals surface area contributed by atoms with Gasteiger partial charge in [0.2, 0.25) is 5.91 Å². The van der Waals surface area contributed by atoms with Gasteiger partial charge in [-0.1, -0.05) is 13.8 Å². The fraction of sp³-hybridized carbons (Fsp3) is 0.722. The Hall–Kier alpha value is -0.900. The van der Waals surface area contributed by atoms with E-state index in [1.54, 1.807) is 19.0 Å². The highest BCUT2D eigenvalue weighted by Gasteiger charge is 2.17. The molecule has 26 heavy (non-hydrogen) atoms. The average Bonchev–Trinajstić information content (AvgIpc) is 2.96. The quantitative estimate of drug-likeness (QED) is 0.376. The van der Waals surface area contributed by atoms with Crippen molar-refractivity contribution in [2.24, 2.45) is 10.9 Å². The van der Waals surface area contributed by atoms with Gasteiger partial charge in [0, 0.05) is 32.6 Å². The smallest absolute Gasteiger partial charge is 0.243 e. The molecule has 1 aromatic heterocycles. The minimum absolute atomic E-state index is 0. The molecule has 1 aromatic rings. The average molecular weight is 493 g/mol. The molecular weight excluding hydrogens is 461 g/mol. The topological polar surface area (TPSA) is 60.8 Å². The van der Waals surface area contributed by atoms with Crippen molar-refractivity contribution in [2.45, 2.75) is 46.1 Å². The summed E-state index contributed by atoms with van der Waals surface area (Å²) in [6.45, 7) is 6.02. The number of hydrogen-bond acceptors (Lipinski definition) is 4. The fourth-order valence-electron chi connectivity index (χ4n) is 2.64. The first kappa shape index (κ1) is 23.1. The number of thiazole rings is 1. The number of nitrogens with zero attached hydrogens (tertiary/aromatic N) is 4. The van der Waals surface area contributed by atoms with E-state index in [4.69, 9.17) is 4.98 Å². The Morgan fingerprint density at radius 3 is 2.58 bits per heavy atom. The Balaban J connectivity index is 0.00000338. The van der Waals surface area contributed by atoms with Gasteiger partial charge in [0.25, 0.3) is 0 Å². The van der Waals surface area contributed by atoms with Crippen LogP contribution in [0.2, 0.25) is 0 Å². The van der Waals surface area contributed by atoms with Crippen LogP contribution in [0.15, 0.2) is 4.99 Å². The fourth-order valence-corrected chi connectivity index (χ4v) is 3.85. The van der Waals surface area contributed by atoms with Gasteiger partial charge in [-0.05, 0) is 31.6 Å². The van der Waals surface area contributed by atoms with Crippen LogP contribution in [0.4, 0.5) is 0 Å². The van der Waals surface area contributed by atoms with E-state index in [1.165, 1.54) is 29.8 Å². The van der Waals surface area contributed by atoms with Gasteiger partial charge in [0.1, 0.15) is 11.6 Å². The van der Waals surface area contributed by atoms with E-state index in [0.717, 1.165) is 30.5 Å². The second-order valence-corrected chi connectivity index (χ2v) is 8.41. The van der Waals surface area contributed by atoms with Gasteiger partial charge in [0.05, 0.1) is 12.2 Å². The number of amides is 1. The molecule has 0 unspecified atom stereocenters. The molecule has 1 amide bonds. The summed E-state index contributed by atoms with van der Waals surface area (Å²) >= 11 is 1.82. The van der Waals surface area contributed by atoms with Gasteiger partial charge >= 0.3 is 0 Å². The van der Waals surface area contributed by atoms with Gasteiger partial charge < -0.3 is 15.1 Å². The number of carbonyl (C=O) groups is 1. The van der Waals surface area contributed by atoms with Gasteiger partial charge in [-0.25, -0.2) is 9.98 Å².